The summed E-state index contributed by atoms with van der Waals surface area (Å²) in [6.07, 6.45) is 0. The molecule has 0 aliphatic heterocycles. The van der Waals surface area contributed by atoms with Crippen molar-refractivity contribution < 1.29 is 0 Å². The van der Waals surface area contributed by atoms with Crippen molar-refractivity contribution in [1.29, 1.82) is 5.39 Å². The van der Waals surface area contributed by atoms with Crippen LogP contribution in [0.3, 0.4) is 0 Å². The Kier molecular flexibility index (Phi) is 1.07. The van der Waals surface area contributed by atoms with Crippen LogP contribution in [-0.2, 0) is 0 Å². The van der Waals surface area contributed by atoms with Crippen LogP contribution < -0.4 is 0 Å². The van der Waals surface area contributed by atoms with Gasteiger partial charge in [-0.25, -0.2) is 0 Å². The predicted octanol–water partition coefficient (Wildman–Crippen LogP) is 1.44. The Labute approximate surface area is 61.7 Å². The fraction of sp³-hybridized carbons (Fsp3) is 0. The molecule has 0 saturated carbocycles. The van der Waals surface area contributed by atoms with Crippen LogP contribution in [0.15, 0.2) is 18.2 Å². The number of nitrogens with zero attached hydrogens (tertiary/aromatic N) is 4. The van der Waals surface area contributed by atoms with Crippen LogP contribution in [0.2, 0.25) is 0 Å². The number of H-pyrrole nitrogens is 1. The largest absolute Gasteiger partial charge is 0.414 e. The maximum atomic E-state index is 8.50. The molecule has 5 nitrogen and oxygen atoms in total. The summed E-state index contributed by atoms with van der Waals surface area (Å²) in [4.78, 5) is 3.05. The lowest BCUT2D eigenvalue weighted by molar-refractivity contribution is 0.960. The second-order valence-electron chi connectivity index (χ2n) is 2.07. The molecular weight excluding hydrogens is 142 g/mol. The molecule has 0 unspecified atom stereocenters. The Morgan fingerprint density at radius 2 is 2.27 bits per heavy atom. The number of nitrogens with one attached hydrogen (secondary N) is 1. The number of para-hydroxylation sites is 1. The number of rotatable bonds is 0. The third-order valence-electron chi connectivity index (χ3n) is 1.43. The standard InChI is InChI=1S/C6H4N5/c7-8-4-2-1-3-5-6(4)10-11-9-5/h1-3H,(H,9,10,11)/q+1. The molecule has 11 heavy (non-hydrogen) atoms. The van der Waals surface area contributed by atoms with Crippen LogP contribution in [-0.4, -0.2) is 15.4 Å². The lowest BCUT2D eigenvalue weighted by Crippen LogP contribution is -1.67. The molecule has 0 aliphatic rings. The molecule has 1 aromatic heterocycles. The molecule has 5 heteroatoms. The lowest BCUT2D eigenvalue weighted by atomic mass is 10.3. The molecule has 0 saturated heterocycles. The van der Waals surface area contributed by atoms with Crippen LogP contribution in [0.25, 0.3) is 16.0 Å². The highest BCUT2D eigenvalue weighted by atomic mass is 15.3. The van der Waals surface area contributed by atoms with Gasteiger partial charge in [-0.2, -0.15) is 10.3 Å². The Hall–Kier alpha value is -1.96. The summed E-state index contributed by atoms with van der Waals surface area (Å²) in [5.74, 6) is 0. The summed E-state index contributed by atoms with van der Waals surface area (Å²) >= 11 is 0. The van der Waals surface area contributed by atoms with Crippen molar-refractivity contribution in [3.63, 3.8) is 0 Å². The second kappa shape index (κ2) is 2.02. The molecule has 0 spiro atoms. The van der Waals surface area contributed by atoms with Gasteiger partial charge in [0.1, 0.15) is 5.52 Å². The molecule has 1 heterocycles. The molecule has 0 bridgehead atoms. The smallest absolute Gasteiger partial charge is 0.196 e. The van der Waals surface area contributed by atoms with Crippen LogP contribution in [0.4, 0.5) is 5.69 Å². The van der Waals surface area contributed by atoms with E-state index in [2.05, 4.69) is 20.4 Å². The molecular formula is C6H4N5+. The average molecular weight is 146 g/mol. The maximum Gasteiger partial charge on any atom is 0.414 e. The minimum atomic E-state index is 0.427. The molecule has 1 N–H and O–H groups in total. The zero-order chi connectivity index (χ0) is 7.68. The number of diazo groups is 1. The van der Waals surface area contributed by atoms with E-state index in [1.54, 1.807) is 18.2 Å². The van der Waals surface area contributed by atoms with Crippen molar-refractivity contribution in [2.24, 2.45) is 0 Å². The van der Waals surface area contributed by atoms with Gasteiger partial charge in [-0.15, -0.1) is 5.10 Å². The Bertz CT molecular complexity index is 424. The van der Waals surface area contributed by atoms with Gasteiger partial charge in [0.2, 0.25) is 10.9 Å². The Morgan fingerprint density at radius 3 is 3.09 bits per heavy atom. The maximum absolute atomic E-state index is 8.50. The summed E-state index contributed by atoms with van der Waals surface area (Å²) in [7, 11) is 0. The molecule has 2 aromatic rings. The van der Waals surface area contributed by atoms with Crippen molar-refractivity contribution >= 4 is 16.7 Å². The molecule has 0 amide bonds. The van der Waals surface area contributed by atoms with E-state index in [4.69, 9.17) is 5.39 Å². The first-order chi connectivity index (χ1) is 5.42. The van der Waals surface area contributed by atoms with Gasteiger partial charge in [-0.1, -0.05) is 6.07 Å². The summed E-state index contributed by atoms with van der Waals surface area (Å²) in [5.41, 5.74) is 1.70. The Morgan fingerprint density at radius 1 is 1.36 bits per heavy atom. The van der Waals surface area contributed by atoms with Gasteiger partial charge in [-0.3, -0.25) is 0 Å². The highest BCUT2D eigenvalue weighted by molar-refractivity contribution is 5.87. The zero-order valence-corrected chi connectivity index (χ0v) is 5.52. The van der Waals surface area contributed by atoms with Gasteiger partial charge in [0.15, 0.2) is 4.98 Å². The SMILES string of the molecule is N#[N+]c1cccc2n[nH]nc12. The minimum Gasteiger partial charge on any atom is -0.196 e. The van der Waals surface area contributed by atoms with E-state index < -0.39 is 0 Å². The van der Waals surface area contributed by atoms with Gasteiger partial charge >= 0.3 is 5.69 Å². The van der Waals surface area contributed by atoms with Gasteiger partial charge in [-0.05, 0) is 6.07 Å². The number of benzene rings is 1. The summed E-state index contributed by atoms with van der Waals surface area (Å²) in [6.45, 7) is 0. The second-order valence-corrected chi connectivity index (χ2v) is 2.07. The third-order valence-corrected chi connectivity index (χ3v) is 1.43. The van der Waals surface area contributed by atoms with Crippen molar-refractivity contribution in [2.45, 2.75) is 0 Å². The van der Waals surface area contributed by atoms with Crippen LogP contribution >= 0.6 is 0 Å². The molecule has 0 radical (unpaired) electrons. The van der Waals surface area contributed by atoms with Crippen LogP contribution in [0, 0.1) is 5.39 Å². The molecule has 0 aliphatic carbocycles. The summed E-state index contributed by atoms with van der Waals surface area (Å²) in [5, 5.41) is 18.6. The molecule has 0 atom stereocenters. The van der Waals surface area contributed by atoms with Crippen LogP contribution in [0.5, 0.6) is 0 Å². The Balaban J connectivity index is 2.92. The number of hydrogen-bond donors (Lipinski definition) is 1. The van der Waals surface area contributed by atoms with Crippen LogP contribution in [0.1, 0.15) is 0 Å². The van der Waals surface area contributed by atoms with Crippen molar-refractivity contribution in [1.82, 2.24) is 15.4 Å². The molecule has 2 rings (SSSR count). The molecule has 1 aromatic carbocycles. The molecule has 52 valence electrons. The minimum absolute atomic E-state index is 0.427. The van der Waals surface area contributed by atoms with E-state index in [0.29, 0.717) is 16.7 Å². The highest BCUT2D eigenvalue weighted by Crippen LogP contribution is 2.20. The lowest BCUT2D eigenvalue weighted by Gasteiger charge is -1.76. The van der Waals surface area contributed by atoms with E-state index >= 15 is 0 Å². The third kappa shape index (κ3) is 0.730. The summed E-state index contributed by atoms with van der Waals surface area (Å²) < 4.78 is 0. The number of aromatic amines is 1. The van der Waals surface area contributed by atoms with E-state index in [-0.39, 0.29) is 0 Å². The van der Waals surface area contributed by atoms with Crippen molar-refractivity contribution in [3.8, 4) is 0 Å². The fourth-order valence-corrected chi connectivity index (χ4v) is 0.934. The first-order valence-electron chi connectivity index (χ1n) is 3.06. The van der Waals surface area contributed by atoms with E-state index in [0.717, 1.165) is 0 Å². The first-order valence-corrected chi connectivity index (χ1v) is 3.06. The van der Waals surface area contributed by atoms with Gasteiger partial charge in [0.05, 0.1) is 0 Å². The monoisotopic (exact) mass is 146 g/mol. The zero-order valence-electron chi connectivity index (χ0n) is 5.52. The number of fused-ring (bicyclic) bond motifs is 1. The van der Waals surface area contributed by atoms with Gasteiger partial charge < -0.3 is 0 Å². The quantitative estimate of drug-likeness (QED) is 0.571. The predicted molar refractivity (Wildman–Crippen MR) is 38.6 cm³/mol. The average Bonchev–Trinajstić information content (AvgIpc) is 2.50. The van der Waals surface area contributed by atoms with E-state index in [1.807, 2.05) is 0 Å². The van der Waals surface area contributed by atoms with Crippen molar-refractivity contribution in [2.75, 3.05) is 0 Å². The first kappa shape index (κ1) is 5.80. The number of aromatic nitrogens is 3. The molecule has 0 fully saturated rings. The highest BCUT2D eigenvalue weighted by Gasteiger charge is 2.13. The normalized spacial score (nSPS) is 9.73. The summed E-state index contributed by atoms with van der Waals surface area (Å²) in [6, 6.07) is 5.19. The van der Waals surface area contributed by atoms with Gasteiger partial charge in [0.25, 0.3) is 0 Å². The topological polar surface area (TPSA) is 69.7 Å². The van der Waals surface area contributed by atoms with Crippen molar-refractivity contribution in [3.05, 3.63) is 23.2 Å². The number of hydrogen-bond acceptors (Lipinski definition) is 3. The van der Waals surface area contributed by atoms with E-state index in [9.17, 15) is 0 Å². The van der Waals surface area contributed by atoms with Gasteiger partial charge in [0, 0.05) is 6.07 Å². The fourth-order valence-electron chi connectivity index (χ4n) is 0.934. The van der Waals surface area contributed by atoms with E-state index in [1.165, 1.54) is 0 Å².